The molecule has 2 aromatic rings. The molecule has 26 heavy (non-hydrogen) atoms. The summed E-state index contributed by atoms with van der Waals surface area (Å²) in [4.78, 5) is 22.5. The van der Waals surface area contributed by atoms with Crippen molar-refractivity contribution in [1.29, 1.82) is 0 Å². The molecular formula is C18H19ClN2O5. The molecule has 0 spiro atoms. The van der Waals surface area contributed by atoms with Crippen LogP contribution in [0.2, 0.25) is 5.02 Å². The van der Waals surface area contributed by atoms with Crippen molar-refractivity contribution in [3.63, 3.8) is 0 Å². The van der Waals surface area contributed by atoms with Crippen molar-refractivity contribution in [3.05, 3.63) is 68.7 Å². The second kappa shape index (κ2) is 8.16. The van der Waals surface area contributed by atoms with Gasteiger partial charge in [-0.3, -0.25) is 14.9 Å². The molecule has 2 aromatic carbocycles. The fourth-order valence-corrected chi connectivity index (χ4v) is 2.60. The van der Waals surface area contributed by atoms with Crippen LogP contribution in [0, 0.1) is 10.1 Å². The van der Waals surface area contributed by atoms with Crippen LogP contribution in [0.3, 0.4) is 0 Å². The summed E-state index contributed by atoms with van der Waals surface area (Å²) in [5, 5.41) is 23.9. The Bertz CT molecular complexity index is 806. The Balaban J connectivity index is 2.00. The molecule has 138 valence electrons. The number of halogens is 1. The number of rotatable bonds is 7. The minimum absolute atomic E-state index is 0.0196. The molecule has 0 bridgehead atoms. The van der Waals surface area contributed by atoms with E-state index >= 15 is 0 Å². The van der Waals surface area contributed by atoms with Gasteiger partial charge < -0.3 is 15.2 Å². The van der Waals surface area contributed by atoms with Crippen LogP contribution in [0.4, 0.5) is 5.69 Å². The van der Waals surface area contributed by atoms with E-state index in [9.17, 15) is 20.0 Å². The summed E-state index contributed by atoms with van der Waals surface area (Å²) in [5.74, 6) is 0.186. The molecule has 1 unspecified atom stereocenters. The van der Waals surface area contributed by atoms with Crippen LogP contribution in [0.5, 0.6) is 5.75 Å². The lowest BCUT2D eigenvalue weighted by Gasteiger charge is -2.24. The van der Waals surface area contributed by atoms with Gasteiger partial charge in [-0.05, 0) is 36.8 Å². The fraction of sp³-hybridized carbons (Fsp3) is 0.278. The molecule has 8 heteroatoms. The predicted molar refractivity (Wildman–Crippen MR) is 97.8 cm³/mol. The highest BCUT2D eigenvalue weighted by Crippen LogP contribution is 2.25. The van der Waals surface area contributed by atoms with Crippen LogP contribution < -0.4 is 10.1 Å². The van der Waals surface area contributed by atoms with Crippen LogP contribution in [0.25, 0.3) is 0 Å². The van der Waals surface area contributed by atoms with E-state index in [1.54, 1.807) is 26.2 Å². The maximum absolute atomic E-state index is 12.2. The molecule has 0 aromatic heterocycles. The van der Waals surface area contributed by atoms with Crippen molar-refractivity contribution in [2.45, 2.75) is 18.9 Å². The zero-order valence-corrected chi connectivity index (χ0v) is 15.1. The Kier molecular flexibility index (Phi) is 6.18. The molecule has 0 aliphatic rings. The number of methoxy groups -OCH3 is 1. The van der Waals surface area contributed by atoms with E-state index in [1.165, 1.54) is 12.1 Å². The van der Waals surface area contributed by atoms with E-state index in [1.807, 2.05) is 12.1 Å². The Hall–Kier alpha value is -2.64. The molecule has 0 heterocycles. The third-order valence-electron chi connectivity index (χ3n) is 3.78. The third kappa shape index (κ3) is 5.18. The van der Waals surface area contributed by atoms with Gasteiger partial charge in [-0.2, -0.15) is 0 Å². The SMILES string of the molecule is COc1ccc(CC(C)(O)CNC(=O)c2ccc(Cl)c([N+](=O)[O-])c2)cc1. The summed E-state index contributed by atoms with van der Waals surface area (Å²) in [6.45, 7) is 1.58. The molecule has 2 N–H and O–H groups in total. The minimum Gasteiger partial charge on any atom is -0.497 e. The normalized spacial score (nSPS) is 12.9. The number of ether oxygens (including phenoxy) is 1. The third-order valence-corrected chi connectivity index (χ3v) is 4.10. The number of aliphatic hydroxyl groups is 1. The number of nitro groups is 1. The molecule has 0 fully saturated rings. The highest BCUT2D eigenvalue weighted by Gasteiger charge is 2.23. The average molecular weight is 379 g/mol. The largest absolute Gasteiger partial charge is 0.497 e. The van der Waals surface area contributed by atoms with Crippen LogP contribution in [-0.2, 0) is 6.42 Å². The average Bonchev–Trinajstić information content (AvgIpc) is 2.60. The highest BCUT2D eigenvalue weighted by atomic mass is 35.5. The predicted octanol–water partition coefficient (Wildman–Crippen LogP) is 2.98. The van der Waals surface area contributed by atoms with Gasteiger partial charge in [0.25, 0.3) is 11.6 Å². The van der Waals surface area contributed by atoms with Gasteiger partial charge in [-0.1, -0.05) is 23.7 Å². The van der Waals surface area contributed by atoms with Crippen molar-refractivity contribution in [3.8, 4) is 5.75 Å². The van der Waals surface area contributed by atoms with Crippen LogP contribution in [0.1, 0.15) is 22.8 Å². The molecular weight excluding hydrogens is 360 g/mol. The van der Waals surface area contributed by atoms with Crippen LogP contribution >= 0.6 is 11.6 Å². The monoisotopic (exact) mass is 378 g/mol. The lowest BCUT2D eigenvalue weighted by Crippen LogP contribution is -2.42. The minimum atomic E-state index is -1.19. The van der Waals surface area contributed by atoms with Gasteiger partial charge in [0.05, 0.1) is 17.6 Å². The Morgan fingerprint density at radius 1 is 1.31 bits per heavy atom. The molecule has 0 aliphatic heterocycles. The second-order valence-corrected chi connectivity index (χ2v) is 6.53. The molecule has 0 radical (unpaired) electrons. The van der Waals surface area contributed by atoms with Gasteiger partial charge in [0.2, 0.25) is 0 Å². The number of carbonyl (C=O) groups is 1. The topological polar surface area (TPSA) is 102 Å². The van der Waals surface area contributed by atoms with Crippen LogP contribution in [-0.4, -0.2) is 35.2 Å². The van der Waals surface area contributed by atoms with E-state index < -0.39 is 16.4 Å². The summed E-state index contributed by atoms with van der Waals surface area (Å²) in [6.07, 6.45) is 0.317. The van der Waals surface area contributed by atoms with E-state index in [-0.39, 0.29) is 22.8 Å². The first kappa shape index (κ1) is 19.7. The van der Waals surface area contributed by atoms with Gasteiger partial charge in [-0.15, -0.1) is 0 Å². The highest BCUT2D eigenvalue weighted by molar-refractivity contribution is 6.32. The number of nitrogens with zero attached hydrogens (tertiary/aromatic N) is 1. The molecule has 1 amide bonds. The maximum Gasteiger partial charge on any atom is 0.288 e. The molecule has 7 nitrogen and oxygen atoms in total. The number of nitro benzene ring substituents is 1. The first-order valence-corrected chi connectivity index (χ1v) is 8.17. The lowest BCUT2D eigenvalue weighted by molar-refractivity contribution is -0.384. The van der Waals surface area contributed by atoms with E-state index in [0.717, 1.165) is 11.6 Å². The van der Waals surface area contributed by atoms with E-state index in [4.69, 9.17) is 16.3 Å². The number of benzene rings is 2. The quantitative estimate of drug-likeness (QED) is 0.569. The van der Waals surface area contributed by atoms with Crippen molar-refractivity contribution in [1.82, 2.24) is 5.32 Å². The Morgan fingerprint density at radius 2 is 1.96 bits per heavy atom. The number of hydrogen-bond donors (Lipinski definition) is 2. The zero-order chi connectivity index (χ0) is 19.3. The smallest absolute Gasteiger partial charge is 0.288 e. The molecule has 0 saturated heterocycles. The standard InChI is InChI=1S/C18H19ClN2O5/c1-18(23,10-12-3-6-14(26-2)7-4-12)11-20-17(22)13-5-8-15(19)16(9-13)21(24)25/h3-9,23H,10-11H2,1-2H3,(H,20,22). The summed E-state index contributed by atoms with van der Waals surface area (Å²) in [7, 11) is 1.57. The number of carbonyl (C=O) groups excluding carboxylic acids is 1. The van der Waals surface area contributed by atoms with Gasteiger partial charge in [0.15, 0.2) is 0 Å². The number of amides is 1. The van der Waals surface area contributed by atoms with Gasteiger partial charge in [0.1, 0.15) is 10.8 Å². The fourth-order valence-electron chi connectivity index (χ4n) is 2.41. The molecule has 1 atom stereocenters. The molecule has 2 rings (SSSR count). The van der Waals surface area contributed by atoms with E-state index in [0.29, 0.717) is 12.2 Å². The van der Waals surface area contributed by atoms with Crippen LogP contribution in [0.15, 0.2) is 42.5 Å². The zero-order valence-electron chi connectivity index (χ0n) is 14.4. The lowest BCUT2D eigenvalue weighted by atomic mass is 9.96. The Morgan fingerprint density at radius 3 is 2.54 bits per heavy atom. The van der Waals surface area contributed by atoms with E-state index in [2.05, 4.69) is 5.32 Å². The number of hydrogen-bond acceptors (Lipinski definition) is 5. The first-order valence-electron chi connectivity index (χ1n) is 7.79. The summed E-state index contributed by atoms with van der Waals surface area (Å²) >= 11 is 5.74. The van der Waals surface area contributed by atoms with Crippen molar-refractivity contribution in [2.24, 2.45) is 0 Å². The summed E-state index contributed by atoms with van der Waals surface area (Å²) < 4.78 is 5.09. The maximum atomic E-state index is 12.2. The molecule has 0 saturated carbocycles. The molecule has 0 aliphatic carbocycles. The van der Waals surface area contributed by atoms with Gasteiger partial charge in [0, 0.05) is 24.6 Å². The van der Waals surface area contributed by atoms with Crippen molar-refractivity contribution in [2.75, 3.05) is 13.7 Å². The first-order chi connectivity index (χ1) is 12.2. The Labute approximate surface area is 155 Å². The van der Waals surface area contributed by atoms with Gasteiger partial charge >= 0.3 is 0 Å². The van der Waals surface area contributed by atoms with Gasteiger partial charge in [-0.25, -0.2) is 0 Å². The summed E-state index contributed by atoms with van der Waals surface area (Å²) in [6, 6.07) is 11.0. The van der Waals surface area contributed by atoms with Crippen molar-refractivity contribution < 1.29 is 19.6 Å². The number of nitrogens with one attached hydrogen (secondary N) is 1. The van der Waals surface area contributed by atoms with Crippen molar-refractivity contribution >= 4 is 23.2 Å². The summed E-state index contributed by atoms with van der Waals surface area (Å²) in [5.41, 5.74) is -0.555. The second-order valence-electron chi connectivity index (χ2n) is 6.13.